The van der Waals surface area contributed by atoms with E-state index in [-0.39, 0.29) is 19.0 Å². The van der Waals surface area contributed by atoms with Gasteiger partial charge >= 0.3 is 0 Å². The Morgan fingerprint density at radius 1 is 1.08 bits per heavy atom. The van der Waals surface area contributed by atoms with Crippen LogP contribution in [0.25, 0.3) is 0 Å². The summed E-state index contributed by atoms with van der Waals surface area (Å²) in [4.78, 5) is 37.7. The largest absolute Gasteiger partial charge is 0.346 e. The highest BCUT2D eigenvalue weighted by molar-refractivity contribution is 5.90. The molecule has 0 radical (unpaired) electrons. The van der Waals surface area contributed by atoms with Crippen molar-refractivity contribution in [1.82, 2.24) is 15.5 Å². The minimum Gasteiger partial charge on any atom is -0.346 e. The van der Waals surface area contributed by atoms with E-state index in [1.54, 1.807) is 4.90 Å². The van der Waals surface area contributed by atoms with Crippen LogP contribution in [-0.2, 0) is 20.8 Å². The van der Waals surface area contributed by atoms with Gasteiger partial charge in [-0.15, -0.1) is 0 Å². The normalized spacial score (nSPS) is 15.0. The number of carbonyl (C=O) groups is 3. The third-order valence-electron chi connectivity index (χ3n) is 3.97. The van der Waals surface area contributed by atoms with Gasteiger partial charge in [0.2, 0.25) is 17.7 Å². The molecule has 3 amide bonds. The Bertz CT molecular complexity index is 570. The molecular formula is C17H24N4O3. The van der Waals surface area contributed by atoms with Crippen molar-refractivity contribution in [2.45, 2.75) is 25.3 Å². The molecule has 24 heavy (non-hydrogen) atoms. The standard InChI is InChI=1S/C17H24N4O3/c18-11-15(22)19-12-16(23)20-14(10-13-6-2-1-3-7-13)17(24)21-8-4-5-9-21/h1-3,6-7,14H,4-5,8-12,18H2,(H,19,22)(H,20,23). The molecule has 4 N–H and O–H groups in total. The maximum absolute atomic E-state index is 12.7. The van der Waals surface area contributed by atoms with E-state index in [4.69, 9.17) is 5.73 Å². The van der Waals surface area contributed by atoms with Gasteiger partial charge in [-0.05, 0) is 18.4 Å². The molecule has 1 aliphatic heterocycles. The number of likely N-dealkylation sites (tertiary alicyclic amines) is 1. The number of nitrogens with zero attached hydrogens (tertiary/aromatic N) is 1. The van der Waals surface area contributed by atoms with Crippen LogP contribution in [0.3, 0.4) is 0 Å². The molecule has 7 nitrogen and oxygen atoms in total. The van der Waals surface area contributed by atoms with Gasteiger partial charge in [-0.1, -0.05) is 30.3 Å². The first kappa shape index (κ1) is 17.9. The lowest BCUT2D eigenvalue weighted by atomic mass is 10.0. The smallest absolute Gasteiger partial charge is 0.245 e. The number of nitrogens with two attached hydrogens (primary N) is 1. The summed E-state index contributed by atoms with van der Waals surface area (Å²) >= 11 is 0. The van der Waals surface area contributed by atoms with E-state index < -0.39 is 17.9 Å². The summed E-state index contributed by atoms with van der Waals surface area (Å²) in [6.45, 7) is 1.09. The van der Waals surface area contributed by atoms with Gasteiger partial charge in [-0.2, -0.15) is 0 Å². The predicted molar refractivity (Wildman–Crippen MR) is 90.0 cm³/mol. The fourth-order valence-electron chi connectivity index (χ4n) is 2.70. The third kappa shape index (κ3) is 5.34. The zero-order chi connectivity index (χ0) is 17.4. The monoisotopic (exact) mass is 332 g/mol. The topological polar surface area (TPSA) is 105 Å². The maximum atomic E-state index is 12.7. The van der Waals surface area contributed by atoms with Crippen LogP contribution in [0.15, 0.2) is 30.3 Å². The first-order chi connectivity index (χ1) is 11.6. The first-order valence-electron chi connectivity index (χ1n) is 8.19. The van der Waals surface area contributed by atoms with Crippen molar-refractivity contribution in [2.24, 2.45) is 5.73 Å². The molecule has 1 unspecified atom stereocenters. The van der Waals surface area contributed by atoms with Crippen LogP contribution in [0.2, 0.25) is 0 Å². The number of hydrogen-bond donors (Lipinski definition) is 3. The van der Waals surface area contributed by atoms with Crippen molar-refractivity contribution < 1.29 is 14.4 Å². The molecule has 1 aromatic rings. The van der Waals surface area contributed by atoms with Crippen LogP contribution in [0.1, 0.15) is 18.4 Å². The van der Waals surface area contributed by atoms with Crippen LogP contribution < -0.4 is 16.4 Å². The SMILES string of the molecule is NCC(=O)NCC(=O)NC(Cc1ccccc1)C(=O)N1CCCC1. The van der Waals surface area contributed by atoms with Gasteiger partial charge < -0.3 is 21.3 Å². The van der Waals surface area contributed by atoms with Gasteiger partial charge in [0.15, 0.2) is 0 Å². The number of amides is 3. The van der Waals surface area contributed by atoms with E-state index in [2.05, 4.69) is 10.6 Å². The Labute approximate surface area is 141 Å². The average Bonchev–Trinajstić information content (AvgIpc) is 3.14. The van der Waals surface area contributed by atoms with Crippen molar-refractivity contribution >= 4 is 17.7 Å². The minimum atomic E-state index is -0.632. The number of rotatable bonds is 7. The van der Waals surface area contributed by atoms with Gasteiger partial charge in [0, 0.05) is 19.5 Å². The molecule has 1 fully saturated rings. The Morgan fingerprint density at radius 2 is 1.75 bits per heavy atom. The average molecular weight is 332 g/mol. The Kier molecular flexibility index (Phi) is 6.74. The number of hydrogen-bond acceptors (Lipinski definition) is 4. The summed E-state index contributed by atoms with van der Waals surface area (Å²) in [5.41, 5.74) is 6.16. The summed E-state index contributed by atoms with van der Waals surface area (Å²) in [6, 6.07) is 8.92. The minimum absolute atomic E-state index is 0.0742. The molecular weight excluding hydrogens is 308 g/mol. The van der Waals surface area contributed by atoms with E-state index in [9.17, 15) is 14.4 Å². The highest BCUT2D eigenvalue weighted by Gasteiger charge is 2.27. The fraction of sp³-hybridized carbons (Fsp3) is 0.471. The molecule has 1 saturated heterocycles. The molecule has 0 aromatic heterocycles. The molecule has 7 heteroatoms. The molecule has 1 aromatic carbocycles. The molecule has 1 heterocycles. The van der Waals surface area contributed by atoms with Crippen molar-refractivity contribution in [3.63, 3.8) is 0 Å². The quantitative estimate of drug-likeness (QED) is 0.621. The molecule has 1 aliphatic rings. The summed E-state index contributed by atoms with van der Waals surface area (Å²) in [7, 11) is 0. The molecule has 0 bridgehead atoms. The van der Waals surface area contributed by atoms with Crippen molar-refractivity contribution in [3.8, 4) is 0 Å². The molecule has 2 rings (SSSR count). The van der Waals surface area contributed by atoms with Crippen LogP contribution >= 0.6 is 0 Å². The van der Waals surface area contributed by atoms with Gasteiger partial charge in [0.05, 0.1) is 13.1 Å². The maximum Gasteiger partial charge on any atom is 0.245 e. The molecule has 130 valence electrons. The Balaban J connectivity index is 2.00. The Hall–Kier alpha value is -2.41. The molecule has 0 spiro atoms. The summed E-state index contributed by atoms with van der Waals surface area (Å²) in [5.74, 6) is -0.879. The number of nitrogens with one attached hydrogen (secondary N) is 2. The second kappa shape index (κ2) is 9.02. The van der Waals surface area contributed by atoms with E-state index >= 15 is 0 Å². The van der Waals surface area contributed by atoms with Gasteiger partial charge in [0.25, 0.3) is 0 Å². The lowest BCUT2D eigenvalue weighted by molar-refractivity contribution is -0.135. The van der Waals surface area contributed by atoms with Gasteiger partial charge in [-0.25, -0.2) is 0 Å². The van der Waals surface area contributed by atoms with Crippen molar-refractivity contribution in [2.75, 3.05) is 26.2 Å². The van der Waals surface area contributed by atoms with E-state index in [1.165, 1.54) is 0 Å². The highest BCUT2D eigenvalue weighted by Crippen LogP contribution is 2.12. The zero-order valence-corrected chi connectivity index (χ0v) is 13.7. The van der Waals surface area contributed by atoms with Crippen LogP contribution in [-0.4, -0.2) is 54.8 Å². The first-order valence-corrected chi connectivity index (χ1v) is 8.19. The third-order valence-corrected chi connectivity index (χ3v) is 3.97. The lowest BCUT2D eigenvalue weighted by Crippen LogP contribution is -2.51. The summed E-state index contributed by atoms with van der Waals surface area (Å²) in [5, 5.41) is 5.14. The fourth-order valence-corrected chi connectivity index (χ4v) is 2.70. The lowest BCUT2D eigenvalue weighted by Gasteiger charge is -2.24. The van der Waals surface area contributed by atoms with E-state index in [0.717, 1.165) is 31.5 Å². The number of benzene rings is 1. The summed E-state index contributed by atoms with van der Waals surface area (Å²) in [6.07, 6.45) is 2.40. The van der Waals surface area contributed by atoms with Crippen LogP contribution in [0.4, 0.5) is 0 Å². The molecule has 0 aliphatic carbocycles. The highest BCUT2D eigenvalue weighted by atomic mass is 16.2. The summed E-state index contributed by atoms with van der Waals surface area (Å²) < 4.78 is 0. The number of carbonyl (C=O) groups excluding carboxylic acids is 3. The zero-order valence-electron chi connectivity index (χ0n) is 13.7. The predicted octanol–water partition coefficient (Wildman–Crippen LogP) is -0.589. The molecule has 0 saturated carbocycles. The Morgan fingerprint density at radius 3 is 2.38 bits per heavy atom. The second-order valence-corrected chi connectivity index (χ2v) is 5.82. The second-order valence-electron chi connectivity index (χ2n) is 5.82. The van der Waals surface area contributed by atoms with E-state index in [1.807, 2.05) is 30.3 Å². The van der Waals surface area contributed by atoms with Gasteiger partial charge in [-0.3, -0.25) is 14.4 Å². The van der Waals surface area contributed by atoms with Crippen molar-refractivity contribution in [1.29, 1.82) is 0 Å². The van der Waals surface area contributed by atoms with Crippen LogP contribution in [0, 0.1) is 0 Å². The van der Waals surface area contributed by atoms with Crippen molar-refractivity contribution in [3.05, 3.63) is 35.9 Å². The van der Waals surface area contributed by atoms with Gasteiger partial charge in [0.1, 0.15) is 6.04 Å². The van der Waals surface area contributed by atoms with E-state index in [0.29, 0.717) is 6.42 Å². The van der Waals surface area contributed by atoms with Crippen LogP contribution in [0.5, 0.6) is 0 Å². The molecule has 1 atom stereocenters.